The third kappa shape index (κ3) is 6.21. The number of carbonyl (C=O) groups excluding carboxylic acids is 2. The number of pyridine rings is 1. The number of aliphatic hydroxyl groups excluding tert-OH is 1. The van der Waals surface area contributed by atoms with E-state index in [1.807, 2.05) is 27.7 Å². The van der Waals surface area contributed by atoms with Gasteiger partial charge in [0.2, 0.25) is 5.91 Å². The molecule has 2 amide bonds. The molecule has 1 saturated carbocycles. The van der Waals surface area contributed by atoms with Crippen LogP contribution in [-0.4, -0.2) is 81.1 Å². The number of nitrogens with one attached hydrogen (secondary N) is 1. The molecule has 6 atom stereocenters. The highest BCUT2D eigenvalue weighted by Crippen LogP contribution is 2.44. The smallest absolute Gasteiger partial charge is 0.407 e. The van der Waals surface area contributed by atoms with Crippen LogP contribution in [0.3, 0.4) is 0 Å². The van der Waals surface area contributed by atoms with Crippen LogP contribution >= 0.6 is 11.6 Å². The summed E-state index contributed by atoms with van der Waals surface area (Å²) in [5, 5.41) is 15.5. The van der Waals surface area contributed by atoms with Gasteiger partial charge in [0.05, 0.1) is 42.3 Å². The first-order valence-electron chi connectivity index (χ1n) is 15.3. The molecule has 3 heterocycles. The van der Waals surface area contributed by atoms with Crippen molar-refractivity contribution in [3.8, 4) is 22.9 Å². The molecule has 13 heteroatoms. The summed E-state index contributed by atoms with van der Waals surface area (Å²) in [7, 11) is 1.52. The Balaban J connectivity index is 1.27. The number of carbonyl (C=O) groups is 2. The normalized spacial score (nSPS) is 23.8. The molecule has 4 N–H and O–H groups in total. The first-order valence-corrected chi connectivity index (χ1v) is 15.7. The van der Waals surface area contributed by atoms with E-state index < -0.39 is 41.8 Å². The molecule has 244 valence electrons. The molecule has 46 heavy (non-hydrogen) atoms. The van der Waals surface area contributed by atoms with Gasteiger partial charge in [-0.15, -0.1) is 0 Å². The summed E-state index contributed by atoms with van der Waals surface area (Å²) in [6.45, 7) is 7.69. The highest BCUT2D eigenvalue weighted by molar-refractivity contribution is 6.36. The number of nitrogens with two attached hydrogens (primary N) is 1. The lowest BCUT2D eigenvalue weighted by atomic mass is 9.85. The van der Waals surface area contributed by atoms with Crippen molar-refractivity contribution >= 4 is 34.5 Å². The van der Waals surface area contributed by atoms with Crippen molar-refractivity contribution in [3.63, 3.8) is 0 Å². The van der Waals surface area contributed by atoms with Crippen LogP contribution in [0.5, 0.6) is 11.5 Å². The summed E-state index contributed by atoms with van der Waals surface area (Å²) in [6, 6.07) is 3.65. The lowest BCUT2D eigenvalue weighted by molar-refractivity contribution is -0.128. The maximum Gasteiger partial charge on any atom is 0.407 e. The van der Waals surface area contributed by atoms with Crippen LogP contribution in [0.25, 0.3) is 22.3 Å². The molecular weight excluding hydrogens is 612 g/mol. The zero-order valence-corrected chi connectivity index (χ0v) is 27.2. The van der Waals surface area contributed by atoms with E-state index >= 15 is 0 Å². The van der Waals surface area contributed by atoms with Gasteiger partial charge in [-0.3, -0.25) is 14.7 Å². The fourth-order valence-corrected chi connectivity index (χ4v) is 6.85. The summed E-state index contributed by atoms with van der Waals surface area (Å²) < 4.78 is 17.7. The Morgan fingerprint density at radius 3 is 2.54 bits per heavy atom. The number of likely N-dealkylation sites (tertiary alicyclic amines) is 1. The molecule has 1 saturated heterocycles. The number of alkyl carbamates (subject to hydrolysis) is 1. The van der Waals surface area contributed by atoms with E-state index in [2.05, 4.69) is 21.4 Å². The topological polar surface area (TPSA) is 162 Å². The number of ether oxygens (including phenoxy) is 3. The summed E-state index contributed by atoms with van der Waals surface area (Å²) in [6.07, 6.45) is 4.71. The van der Waals surface area contributed by atoms with E-state index in [1.165, 1.54) is 12.7 Å². The number of methoxy groups -OCH3 is 1. The average Bonchev–Trinajstić information content (AvgIpc) is 3.69. The molecule has 7 rings (SSSR count). The van der Waals surface area contributed by atoms with E-state index in [4.69, 9.17) is 36.5 Å². The maximum absolute atomic E-state index is 13.0. The number of benzene rings is 1. The number of amides is 2. The molecule has 4 aliphatic rings. The van der Waals surface area contributed by atoms with Crippen molar-refractivity contribution in [1.82, 2.24) is 25.2 Å². The molecule has 2 aromatic heterocycles. The summed E-state index contributed by atoms with van der Waals surface area (Å²) in [4.78, 5) is 40.9. The summed E-state index contributed by atoms with van der Waals surface area (Å²) in [5.41, 5.74) is 8.75. The lowest BCUT2D eigenvalue weighted by Crippen LogP contribution is -2.60. The van der Waals surface area contributed by atoms with Crippen molar-refractivity contribution in [2.24, 2.45) is 17.1 Å². The fourth-order valence-electron chi connectivity index (χ4n) is 6.57. The second-order valence-electron chi connectivity index (χ2n) is 13.4. The predicted molar refractivity (Wildman–Crippen MR) is 171 cm³/mol. The minimum atomic E-state index is -1.26. The second-order valence-corrected chi connectivity index (χ2v) is 13.7. The second kappa shape index (κ2) is 12.3. The van der Waals surface area contributed by atoms with Crippen LogP contribution in [0.4, 0.5) is 4.79 Å². The number of aliphatic hydroxyl groups is 1. The van der Waals surface area contributed by atoms with Gasteiger partial charge < -0.3 is 30.4 Å². The van der Waals surface area contributed by atoms with Crippen molar-refractivity contribution in [1.29, 1.82) is 0 Å². The van der Waals surface area contributed by atoms with Gasteiger partial charge in [-0.2, -0.15) is 0 Å². The van der Waals surface area contributed by atoms with Crippen LogP contribution in [-0.2, 0) is 9.53 Å². The van der Waals surface area contributed by atoms with Crippen LogP contribution in [0.1, 0.15) is 45.7 Å². The number of hydrogen-bond acceptors (Lipinski definition) is 10. The van der Waals surface area contributed by atoms with Crippen LogP contribution < -0.4 is 20.5 Å². The van der Waals surface area contributed by atoms with E-state index in [9.17, 15) is 14.7 Å². The Hall–Kier alpha value is -4.00. The van der Waals surface area contributed by atoms with Crippen LogP contribution in [0, 0.1) is 18.3 Å². The van der Waals surface area contributed by atoms with Crippen LogP contribution in [0.15, 0.2) is 42.2 Å². The number of rotatable bonds is 9. The number of aryl methyl sites for hydroxylation is 1. The number of aromatic nitrogens is 3. The molecule has 1 aromatic carbocycles. The number of primary amides is 1. The van der Waals surface area contributed by atoms with Crippen molar-refractivity contribution in [3.05, 3.63) is 53.0 Å². The lowest BCUT2D eigenvalue weighted by Gasteiger charge is -2.40. The van der Waals surface area contributed by atoms with Crippen molar-refractivity contribution < 1.29 is 28.9 Å². The third-order valence-corrected chi connectivity index (χ3v) is 9.36. The van der Waals surface area contributed by atoms with E-state index in [0.717, 1.165) is 12.8 Å². The summed E-state index contributed by atoms with van der Waals surface area (Å²) in [5.74, 6) is 0.552. The Labute approximate surface area is 272 Å². The van der Waals surface area contributed by atoms with E-state index in [0.29, 0.717) is 44.5 Å². The zero-order valence-electron chi connectivity index (χ0n) is 26.5. The van der Waals surface area contributed by atoms with Gasteiger partial charge in [0.1, 0.15) is 40.7 Å². The molecule has 1 aliphatic heterocycles. The highest BCUT2D eigenvalue weighted by atomic mass is 35.5. The Kier molecular flexibility index (Phi) is 8.55. The Bertz CT molecular complexity index is 1710. The quantitative estimate of drug-likeness (QED) is 0.287. The molecule has 0 spiro atoms. The van der Waals surface area contributed by atoms with Crippen molar-refractivity contribution in [2.75, 3.05) is 13.7 Å². The number of nitrogens with zero attached hydrogens (tertiary/aromatic N) is 4. The molecule has 0 radical (unpaired) electrons. The molecular formula is C33H39ClN6O6. The minimum absolute atomic E-state index is 0.156. The monoisotopic (exact) mass is 650 g/mol. The maximum atomic E-state index is 13.0. The van der Waals surface area contributed by atoms with Gasteiger partial charge >= 0.3 is 6.09 Å². The minimum Gasteiger partial charge on any atom is -0.495 e. The first-order chi connectivity index (χ1) is 21.8. The largest absolute Gasteiger partial charge is 0.495 e. The molecule has 1 unspecified atom stereocenters. The number of hydrogen-bond donors (Lipinski definition) is 3. The first kappa shape index (κ1) is 32.0. The predicted octanol–water partition coefficient (Wildman–Crippen LogP) is 4.15. The third-order valence-electron chi connectivity index (χ3n) is 9.00. The van der Waals surface area contributed by atoms with Crippen molar-refractivity contribution in [2.45, 2.75) is 77.5 Å². The molecule has 2 fully saturated rings. The Morgan fingerprint density at radius 2 is 1.91 bits per heavy atom. The zero-order chi connectivity index (χ0) is 32.9. The molecule has 3 aliphatic carbocycles. The van der Waals surface area contributed by atoms with E-state index in [-0.39, 0.29) is 25.0 Å². The van der Waals surface area contributed by atoms with E-state index in [1.54, 1.807) is 35.5 Å². The number of fused-ring (bicyclic) bond motifs is 2. The van der Waals surface area contributed by atoms with Gasteiger partial charge in [0.25, 0.3) is 0 Å². The van der Waals surface area contributed by atoms with Gasteiger partial charge in [-0.05, 0) is 30.9 Å². The van der Waals surface area contributed by atoms with Gasteiger partial charge in [-0.1, -0.05) is 44.0 Å². The molecule has 12 nitrogen and oxygen atoms in total. The van der Waals surface area contributed by atoms with Crippen LogP contribution in [0.2, 0.25) is 5.02 Å². The van der Waals surface area contributed by atoms with Gasteiger partial charge in [0.15, 0.2) is 0 Å². The fraction of sp³-hybridized carbons (Fsp3) is 0.485. The highest BCUT2D eigenvalue weighted by Gasteiger charge is 2.46. The molecule has 2 bridgehead atoms. The summed E-state index contributed by atoms with van der Waals surface area (Å²) >= 11 is 6.70. The average molecular weight is 651 g/mol. The Morgan fingerprint density at radius 1 is 1.15 bits per heavy atom. The van der Waals surface area contributed by atoms with Gasteiger partial charge in [-0.25, -0.2) is 14.8 Å². The standard InChI is InChI=1S/C33H39ClN6O6/c1-16-13-36-14-22(37-16)21-12-26(20-6-7-24(44-5)27(34)28(20)38-21)45-19-11-23(30(35)41)40(15-19)31(42)29(33(2,3)4)39-32(43)46-25-10-17-8-18(25)9-17/h6-8,12-14,18-19,23,25,29,31,42H,9-11,15H2,1-5H3,(H2,35,41)(H,39,43)/t18-,19-,23+,25-,29-,31?/m1/s1. The van der Waals surface area contributed by atoms with Gasteiger partial charge in [0, 0.05) is 43.0 Å². The number of halogens is 1. The molecule has 3 aromatic rings. The SMILES string of the molecule is COc1ccc2c(O[C@@H]3C[C@@H](C(N)=O)N(C(O)[C@@H](NC(=O)O[C@@H]4CC5=C[C@@H]4C5)C(C)(C)C)C3)cc(-c3cncc(C)n3)nc2c1Cl.